The van der Waals surface area contributed by atoms with E-state index in [0.717, 1.165) is 28.3 Å². The molecule has 3 amide bonds. The highest BCUT2D eigenvalue weighted by Crippen LogP contribution is 2.39. The number of fused-ring (bicyclic) bond motifs is 1. The minimum absolute atomic E-state index is 0.0302. The summed E-state index contributed by atoms with van der Waals surface area (Å²) in [7, 11) is 0. The SMILES string of the molecule is CC(C)(C)c1cc([C@H]2CC(=O)Nc3cc(N4CCNC4=O)ccc32)[nH]n1. The fourth-order valence-corrected chi connectivity index (χ4v) is 3.52. The van der Waals surface area contributed by atoms with Gasteiger partial charge in [-0.25, -0.2) is 4.79 Å². The van der Waals surface area contributed by atoms with E-state index >= 15 is 0 Å². The molecule has 1 aromatic heterocycles. The number of nitrogens with one attached hydrogen (secondary N) is 3. The van der Waals surface area contributed by atoms with Crippen LogP contribution in [-0.4, -0.2) is 35.2 Å². The number of benzene rings is 1. The van der Waals surface area contributed by atoms with Crippen LogP contribution < -0.4 is 15.5 Å². The average molecular weight is 353 g/mol. The molecule has 7 nitrogen and oxygen atoms in total. The molecule has 136 valence electrons. The van der Waals surface area contributed by atoms with Crippen molar-refractivity contribution in [3.63, 3.8) is 0 Å². The molecular formula is C19H23N5O2. The van der Waals surface area contributed by atoms with Gasteiger partial charge in [0, 0.05) is 47.9 Å². The minimum atomic E-state index is -0.105. The molecule has 1 saturated heterocycles. The highest BCUT2D eigenvalue weighted by molar-refractivity contribution is 5.98. The molecule has 1 fully saturated rings. The van der Waals surface area contributed by atoms with E-state index in [1.165, 1.54) is 0 Å². The van der Waals surface area contributed by atoms with Gasteiger partial charge in [0.15, 0.2) is 0 Å². The van der Waals surface area contributed by atoms with Crippen molar-refractivity contribution < 1.29 is 9.59 Å². The summed E-state index contributed by atoms with van der Waals surface area (Å²) in [5, 5.41) is 13.3. The smallest absolute Gasteiger partial charge is 0.321 e. The zero-order valence-electron chi connectivity index (χ0n) is 15.2. The molecule has 0 unspecified atom stereocenters. The summed E-state index contributed by atoms with van der Waals surface area (Å²) in [5.74, 6) is -0.0961. The molecule has 7 heteroatoms. The molecule has 0 bridgehead atoms. The van der Waals surface area contributed by atoms with Crippen LogP contribution in [0.3, 0.4) is 0 Å². The lowest BCUT2D eigenvalue weighted by Gasteiger charge is -2.26. The van der Waals surface area contributed by atoms with E-state index in [2.05, 4.69) is 47.7 Å². The summed E-state index contributed by atoms with van der Waals surface area (Å²) < 4.78 is 0. The van der Waals surface area contributed by atoms with Crippen molar-refractivity contribution >= 4 is 23.3 Å². The van der Waals surface area contributed by atoms with Crippen LogP contribution in [0, 0.1) is 0 Å². The maximum absolute atomic E-state index is 12.3. The maximum Gasteiger partial charge on any atom is 0.321 e. The van der Waals surface area contributed by atoms with E-state index in [1.807, 2.05) is 18.2 Å². The molecule has 1 aromatic carbocycles. The Balaban J connectivity index is 1.70. The number of carbonyl (C=O) groups is 2. The van der Waals surface area contributed by atoms with Crippen LogP contribution in [0.5, 0.6) is 0 Å². The van der Waals surface area contributed by atoms with Gasteiger partial charge in [0.2, 0.25) is 5.91 Å². The van der Waals surface area contributed by atoms with Crippen molar-refractivity contribution in [2.45, 2.75) is 38.5 Å². The molecule has 2 aliphatic rings. The topological polar surface area (TPSA) is 90.1 Å². The Labute approximate surface area is 152 Å². The van der Waals surface area contributed by atoms with E-state index in [-0.39, 0.29) is 23.3 Å². The van der Waals surface area contributed by atoms with Crippen LogP contribution in [-0.2, 0) is 10.2 Å². The molecular weight excluding hydrogens is 330 g/mol. The van der Waals surface area contributed by atoms with Gasteiger partial charge in [-0.2, -0.15) is 5.10 Å². The number of hydrogen-bond acceptors (Lipinski definition) is 3. The predicted molar refractivity (Wildman–Crippen MR) is 99.6 cm³/mol. The van der Waals surface area contributed by atoms with Crippen molar-refractivity contribution in [3.05, 3.63) is 41.2 Å². The fraction of sp³-hybridized carbons (Fsp3) is 0.421. The van der Waals surface area contributed by atoms with Gasteiger partial charge >= 0.3 is 6.03 Å². The van der Waals surface area contributed by atoms with E-state index in [4.69, 9.17) is 0 Å². The van der Waals surface area contributed by atoms with Crippen molar-refractivity contribution in [2.75, 3.05) is 23.3 Å². The Kier molecular flexibility index (Phi) is 3.75. The lowest BCUT2D eigenvalue weighted by atomic mass is 9.86. The molecule has 0 spiro atoms. The Bertz CT molecular complexity index is 880. The second-order valence-corrected chi connectivity index (χ2v) is 7.92. The van der Waals surface area contributed by atoms with Crippen LogP contribution in [0.2, 0.25) is 0 Å². The molecule has 0 radical (unpaired) electrons. The Morgan fingerprint density at radius 3 is 2.65 bits per heavy atom. The van der Waals surface area contributed by atoms with E-state index < -0.39 is 0 Å². The molecule has 3 N–H and O–H groups in total. The number of H-pyrrole nitrogens is 1. The summed E-state index contributed by atoms with van der Waals surface area (Å²) >= 11 is 0. The van der Waals surface area contributed by atoms with E-state index in [0.29, 0.717) is 19.5 Å². The third-order valence-corrected chi connectivity index (χ3v) is 4.99. The van der Waals surface area contributed by atoms with Gasteiger partial charge < -0.3 is 10.6 Å². The van der Waals surface area contributed by atoms with Gasteiger partial charge in [-0.15, -0.1) is 0 Å². The van der Waals surface area contributed by atoms with Crippen molar-refractivity contribution in [3.8, 4) is 0 Å². The number of aromatic amines is 1. The number of amides is 3. The summed E-state index contributed by atoms with van der Waals surface area (Å²) in [6.07, 6.45) is 0.377. The number of nitrogens with zero attached hydrogens (tertiary/aromatic N) is 2. The Morgan fingerprint density at radius 1 is 1.19 bits per heavy atom. The molecule has 4 rings (SSSR count). The third kappa shape index (κ3) is 2.83. The Hall–Kier alpha value is -2.83. The molecule has 0 aliphatic carbocycles. The number of aromatic nitrogens is 2. The van der Waals surface area contributed by atoms with Crippen LogP contribution in [0.1, 0.15) is 50.1 Å². The van der Waals surface area contributed by atoms with Crippen LogP contribution in [0.4, 0.5) is 16.2 Å². The monoisotopic (exact) mass is 353 g/mol. The summed E-state index contributed by atoms with van der Waals surface area (Å²) in [6.45, 7) is 7.60. The predicted octanol–water partition coefficient (Wildman–Crippen LogP) is 2.71. The molecule has 0 saturated carbocycles. The Morgan fingerprint density at radius 2 is 2.00 bits per heavy atom. The minimum Gasteiger partial charge on any atom is -0.336 e. The third-order valence-electron chi connectivity index (χ3n) is 4.99. The number of urea groups is 1. The van der Waals surface area contributed by atoms with Crippen LogP contribution in [0.15, 0.2) is 24.3 Å². The van der Waals surface area contributed by atoms with Crippen LogP contribution in [0.25, 0.3) is 0 Å². The molecule has 3 heterocycles. The second kappa shape index (κ2) is 5.86. The summed E-state index contributed by atoms with van der Waals surface area (Å²) in [5.41, 5.74) is 4.46. The van der Waals surface area contributed by atoms with Crippen LogP contribution >= 0.6 is 0 Å². The zero-order valence-corrected chi connectivity index (χ0v) is 15.2. The van der Waals surface area contributed by atoms with Gasteiger partial charge in [0.25, 0.3) is 0 Å². The van der Waals surface area contributed by atoms with Gasteiger partial charge in [0.05, 0.1) is 5.69 Å². The standard InChI is InChI=1S/C19H23N5O2/c1-19(2,3)16-10-15(22-23-16)13-9-17(25)21-14-8-11(4-5-12(13)14)24-7-6-20-18(24)26/h4-5,8,10,13H,6-7,9H2,1-3H3,(H,20,26)(H,21,25)(H,22,23)/t13-/m0/s1. The van der Waals surface area contributed by atoms with Gasteiger partial charge in [-0.05, 0) is 23.8 Å². The highest BCUT2D eigenvalue weighted by Gasteiger charge is 2.30. The first-order valence-electron chi connectivity index (χ1n) is 8.88. The lowest BCUT2D eigenvalue weighted by Crippen LogP contribution is -2.28. The molecule has 26 heavy (non-hydrogen) atoms. The molecule has 1 atom stereocenters. The van der Waals surface area contributed by atoms with Gasteiger partial charge in [-0.3, -0.25) is 14.8 Å². The summed E-state index contributed by atoms with van der Waals surface area (Å²) in [4.78, 5) is 25.9. The molecule has 2 aliphatic heterocycles. The second-order valence-electron chi connectivity index (χ2n) is 7.92. The largest absolute Gasteiger partial charge is 0.336 e. The molecule has 2 aromatic rings. The van der Waals surface area contributed by atoms with Gasteiger partial charge in [0.1, 0.15) is 0 Å². The van der Waals surface area contributed by atoms with Crippen molar-refractivity contribution in [1.82, 2.24) is 15.5 Å². The quantitative estimate of drug-likeness (QED) is 0.775. The first-order valence-corrected chi connectivity index (χ1v) is 8.88. The average Bonchev–Trinajstić information content (AvgIpc) is 3.22. The summed E-state index contributed by atoms with van der Waals surface area (Å²) in [6, 6.07) is 7.76. The van der Waals surface area contributed by atoms with Crippen molar-refractivity contribution in [2.24, 2.45) is 0 Å². The number of anilines is 2. The normalized spacial score (nSPS) is 20.0. The van der Waals surface area contributed by atoms with Crippen molar-refractivity contribution in [1.29, 1.82) is 0 Å². The first kappa shape index (κ1) is 16.6. The number of hydrogen-bond donors (Lipinski definition) is 3. The fourth-order valence-electron chi connectivity index (χ4n) is 3.52. The lowest BCUT2D eigenvalue weighted by molar-refractivity contribution is -0.116. The maximum atomic E-state index is 12.3. The van der Waals surface area contributed by atoms with E-state index in [1.54, 1.807) is 4.90 Å². The van der Waals surface area contributed by atoms with Gasteiger partial charge in [-0.1, -0.05) is 26.8 Å². The first-order chi connectivity index (χ1) is 12.3. The number of carbonyl (C=O) groups excluding carboxylic acids is 2. The highest BCUT2D eigenvalue weighted by atomic mass is 16.2. The van der Waals surface area contributed by atoms with E-state index in [9.17, 15) is 9.59 Å². The number of rotatable bonds is 2. The zero-order chi connectivity index (χ0) is 18.5.